The number of hydrogen-bond donors (Lipinski definition) is 2. The number of halogens is 1. The van der Waals surface area contributed by atoms with E-state index < -0.39 is 6.04 Å². The van der Waals surface area contributed by atoms with Gasteiger partial charge in [0, 0.05) is 5.69 Å². The Morgan fingerprint density at radius 1 is 1.42 bits per heavy atom. The van der Waals surface area contributed by atoms with E-state index in [1.165, 1.54) is 0 Å². The van der Waals surface area contributed by atoms with E-state index in [9.17, 15) is 4.79 Å². The molecule has 19 heavy (non-hydrogen) atoms. The summed E-state index contributed by atoms with van der Waals surface area (Å²) in [5, 5.41) is 2.85. The summed E-state index contributed by atoms with van der Waals surface area (Å²) >= 11 is 0. The van der Waals surface area contributed by atoms with Gasteiger partial charge in [-0.25, -0.2) is 0 Å². The molecule has 0 saturated heterocycles. The van der Waals surface area contributed by atoms with Gasteiger partial charge in [-0.1, -0.05) is 13.8 Å². The van der Waals surface area contributed by atoms with Crippen molar-refractivity contribution in [2.24, 2.45) is 11.7 Å². The molecule has 0 fully saturated rings. The van der Waals surface area contributed by atoms with Gasteiger partial charge in [-0.2, -0.15) is 0 Å². The Hall–Kier alpha value is -1.26. The molecule has 0 unspecified atom stereocenters. The van der Waals surface area contributed by atoms with Crippen molar-refractivity contribution < 1.29 is 9.53 Å². The summed E-state index contributed by atoms with van der Waals surface area (Å²) in [7, 11) is 1.62. The molecule has 0 heterocycles. The Labute approximate surface area is 121 Å². The average Bonchev–Trinajstić information content (AvgIpc) is 2.30. The fraction of sp³-hybridized carbons (Fsp3) is 0.500. The van der Waals surface area contributed by atoms with Gasteiger partial charge in [-0.3, -0.25) is 4.79 Å². The third kappa shape index (κ3) is 5.49. The van der Waals surface area contributed by atoms with Gasteiger partial charge < -0.3 is 15.8 Å². The average molecular weight is 287 g/mol. The predicted octanol–water partition coefficient (Wildman–Crippen LogP) is 2.74. The van der Waals surface area contributed by atoms with Crippen LogP contribution < -0.4 is 15.8 Å². The Morgan fingerprint density at radius 3 is 2.53 bits per heavy atom. The van der Waals surface area contributed by atoms with E-state index in [1.807, 2.05) is 39.0 Å². The van der Waals surface area contributed by atoms with Crippen LogP contribution >= 0.6 is 12.4 Å². The highest BCUT2D eigenvalue weighted by atomic mass is 35.5. The molecule has 1 aromatic carbocycles. The summed E-state index contributed by atoms with van der Waals surface area (Å²) in [6.07, 6.45) is 0.682. The van der Waals surface area contributed by atoms with Crippen molar-refractivity contribution in [3.63, 3.8) is 0 Å². The third-order valence-corrected chi connectivity index (χ3v) is 2.75. The van der Waals surface area contributed by atoms with E-state index in [2.05, 4.69) is 5.32 Å². The second-order valence-electron chi connectivity index (χ2n) is 4.91. The molecule has 0 radical (unpaired) electrons. The Bertz CT molecular complexity index is 422. The van der Waals surface area contributed by atoms with Crippen molar-refractivity contribution >= 4 is 24.0 Å². The monoisotopic (exact) mass is 286 g/mol. The van der Waals surface area contributed by atoms with Crippen LogP contribution in [0.5, 0.6) is 5.75 Å². The van der Waals surface area contributed by atoms with Gasteiger partial charge >= 0.3 is 0 Å². The molecule has 0 saturated carbocycles. The summed E-state index contributed by atoms with van der Waals surface area (Å²) in [6, 6.07) is 5.06. The number of methoxy groups -OCH3 is 1. The minimum atomic E-state index is -0.466. The molecule has 0 aliphatic heterocycles. The molecule has 1 atom stereocenters. The lowest BCUT2D eigenvalue weighted by Gasteiger charge is -2.15. The van der Waals surface area contributed by atoms with E-state index in [0.29, 0.717) is 12.3 Å². The number of hydrogen-bond acceptors (Lipinski definition) is 3. The van der Waals surface area contributed by atoms with E-state index in [0.717, 1.165) is 17.0 Å². The molecule has 0 spiro atoms. The molecule has 108 valence electrons. The first kappa shape index (κ1) is 17.7. The van der Waals surface area contributed by atoms with Crippen LogP contribution in [0.4, 0.5) is 5.69 Å². The van der Waals surface area contributed by atoms with Crippen LogP contribution in [0, 0.1) is 12.8 Å². The summed E-state index contributed by atoms with van der Waals surface area (Å²) in [5.41, 5.74) is 7.57. The minimum absolute atomic E-state index is 0. The summed E-state index contributed by atoms with van der Waals surface area (Å²) < 4.78 is 5.12. The third-order valence-electron chi connectivity index (χ3n) is 2.75. The molecule has 0 aliphatic carbocycles. The number of nitrogens with one attached hydrogen (secondary N) is 1. The maximum atomic E-state index is 11.9. The Morgan fingerprint density at radius 2 is 2.05 bits per heavy atom. The normalized spacial score (nSPS) is 11.7. The molecule has 1 aromatic rings. The first-order valence-corrected chi connectivity index (χ1v) is 6.15. The second kappa shape index (κ2) is 8.02. The SMILES string of the molecule is COc1ccc(NC(=O)[C@@H](N)CC(C)C)c(C)c1.Cl. The molecule has 0 aromatic heterocycles. The smallest absolute Gasteiger partial charge is 0.241 e. The molecular formula is C14H23ClN2O2. The van der Waals surface area contributed by atoms with Gasteiger partial charge in [-0.15, -0.1) is 12.4 Å². The van der Waals surface area contributed by atoms with Crippen molar-refractivity contribution in [1.29, 1.82) is 0 Å². The number of amides is 1. The quantitative estimate of drug-likeness (QED) is 0.875. The fourth-order valence-corrected chi connectivity index (χ4v) is 1.74. The van der Waals surface area contributed by atoms with Crippen molar-refractivity contribution in [3.8, 4) is 5.75 Å². The maximum absolute atomic E-state index is 11.9. The summed E-state index contributed by atoms with van der Waals surface area (Å²) in [5.74, 6) is 1.04. The topological polar surface area (TPSA) is 64.3 Å². The Kier molecular flexibility index (Phi) is 7.49. The summed E-state index contributed by atoms with van der Waals surface area (Å²) in [6.45, 7) is 6.02. The van der Waals surface area contributed by atoms with Crippen LogP contribution in [-0.4, -0.2) is 19.1 Å². The molecule has 0 aliphatic rings. The van der Waals surface area contributed by atoms with Crippen molar-refractivity contribution in [3.05, 3.63) is 23.8 Å². The largest absolute Gasteiger partial charge is 0.497 e. The van der Waals surface area contributed by atoms with E-state index in [-0.39, 0.29) is 18.3 Å². The standard InChI is InChI=1S/C14H22N2O2.ClH/c1-9(2)7-12(15)14(17)16-13-6-5-11(18-4)8-10(13)3;/h5-6,8-9,12H,7,15H2,1-4H3,(H,16,17);1H/t12-;/m0./s1. The second-order valence-corrected chi connectivity index (χ2v) is 4.91. The zero-order valence-electron chi connectivity index (χ0n) is 11.9. The van der Waals surface area contributed by atoms with Gasteiger partial charge in [0.05, 0.1) is 13.2 Å². The number of benzene rings is 1. The highest BCUT2D eigenvalue weighted by Crippen LogP contribution is 2.21. The lowest BCUT2D eigenvalue weighted by molar-refractivity contribution is -0.117. The molecule has 1 rings (SSSR count). The number of ether oxygens (including phenoxy) is 1. The number of carbonyl (C=O) groups is 1. The van der Waals surface area contributed by atoms with Gasteiger partial charge in [0.25, 0.3) is 0 Å². The molecule has 3 N–H and O–H groups in total. The van der Waals surface area contributed by atoms with E-state index >= 15 is 0 Å². The van der Waals surface area contributed by atoms with Gasteiger partial charge in [-0.05, 0) is 43.0 Å². The van der Waals surface area contributed by atoms with Gasteiger partial charge in [0.2, 0.25) is 5.91 Å². The molecule has 4 nitrogen and oxygen atoms in total. The molecule has 5 heteroatoms. The van der Waals surface area contributed by atoms with Crippen LogP contribution in [0.1, 0.15) is 25.8 Å². The first-order valence-electron chi connectivity index (χ1n) is 6.15. The summed E-state index contributed by atoms with van der Waals surface area (Å²) in [4.78, 5) is 11.9. The zero-order valence-corrected chi connectivity index (χ0v) is 12.7. The number of aryl methyl sites for hydroxylation is 1. The van der Waals surface area contributed by atoms with Crippen LogP contribution in [0.25, 0.3) is 0 Å². The number of carbonyl (C=O) groups excluding carboxylic acids is 1. The van der Waals surface area contributed by atoms with Crippen LogP contribution in [-0.2, 0) is 4.79 Å². The minimum Gasteiger partial charge on any atom is -0.497 e. The van der Waals surface area contributed by atoms with Crippen LogP contribution in [0.3, 0.4) is 0 Å². The number of nitrogens with two attached hydrogens (primary N) is 1. The van der Waals surface area contributed by atoms with E-state index in [4.69, 9.17) is 10.5 Å². The van der Waals surface area contributed by atoms with Crippen molar-refractivity contribution in [1.82, 2.24) is 0 Å². The predicted molar refractivity (Wildman–Crippen MR) is 81.0 cm³/mol. The van der Waals surface area contributed by atoms with Crippen LogP contribution in [0.15, 0.2) is 18.2 Å². The fourth-order valence-electron chi connectivity index (χ4n) is 1.74. The lowest BCUT2D eigenvalue weighted by atomic mass is 10.0. The van der Waals surface area contributed by atoms with Crippen molar-refractivity contribution in [2.75, 3.05) is 12.4 Å². The highest BCUT2D eigenvalue weighted by molar-refractivity contribution is 5.95. The van der Waals surface area contributed by atoms with Gasteiger partial charge in [0.1, 0.15) is 5.75 Å². The molecular weight excluding hydrogens is 264 g/mol. The molecule has 0 bridgehead atoms. The molecule has 1 amide bonds. The van der Waals surface area contributed by atoms with E-state index in [1.54, 1.807) is 7.11 Å². The lowest BCUT2D eigenvalue weighted by Crippen LogP contribution is -2.36. The Balaban J connectivity index is 0.00000324. The van der Waals surface area contributed by atoms with Gasteiger partial charge in [0.15, 0.2) is 0 Å². The highest BCUT2D eigenvalue weighted by Gasteiger charge is 2.15. The first-order chi connectivity index (χ1) is 8.43. The van der Waals surface area contributed by atoms with Crippen LogP contribution in [0.2, 0.25) is 0 Å². The number of rotatable bonds is 5. The van der Waals surface area contributed by atoms with Crippen molar-refractivity contribution in [2.45, 2.75) is 33.2 Å². The zero-order chi connectivity index (χ0) is 13.7. The maximum Gasteiger partial charge on any atom is 0.241 e. The number of anilines is 1.